The lowest BCUT2D eigenvalue weighted by atomic mass is 10.1. The molecule has 3 heteroatoms. The highest BCUT2D eigenvalue weighted by Crippen LogP contribution is 2.31. The van der Waals surface area contributed by atoms with Crippen molar-refractivity contribution in [3.8, 4) is 0 Å². The fraction of sp³-hybridized carbons (Fsp3) is 0.312. The smallest absolute Gasteiger partial charge is 0.123 e. The molecule has 1 N–H and O–H groups in total. The van der Waals surface area contributed by atoms with Gasteiger partial charge < -0.3 is 5.32 Å². The molecule has 0 saturated carbocycles. The van der Waals surface area contributed by atoms with Crippen molar-refractivity contribution >= 4 is 0 Å². The van der Waals surface area contributed by atoms with E-state index in [4.69, 9.17) is 0 Å². The molecule has 1 unspecified atom stereocenters. The van der Waals surface area contributed by atoms with Gasteiger partial charge in [-0.15, -0.1) is 0 Å². The second kappa shape index (κ2) is 5.49. The standard InChI is InChI=1S/C16H17FN2/c17-13-5-6-15-12(11-13)4-7-16(15)19-10-8-14-3-1-2-9-18-14/h1-3,5-6,9,11,16,19H,4,7-8,10H2. The highest BCUT2D eigenvalue weighted by atomic mass is 19.1. The summed E-state index contributed by atoms with van der Waals surface area (Å²) in [5.41, 5.74) is 3.50. The van der Waals surface area contributed by atoms with Crippen LogP contribution in [0.15, 0.2) is 42.6 Å². The van der Waals surface area contributed by atoms with Gasteiger partial charge in [-0.1, -0.05) is 12.1 Å². The fourth-order valence-corrected chi connectivity index (χ4v) is 2.72. The van der Waals surface area contributed by atoms with Crippen LogP contribution in [0.25, 0.3) is 0 Å². The van der Waals surface area contributed by atoms with Crippen LogP contribution in [0, 0.1) is 5.82 Å². The molecule has 0 amide bonds. The lowest BCUT2D eigenvalue weighted by Gasteiger charge is -2.13. The summed E-state index contributed by atoms with van der Waals surface area (Å²) in [6, 6.07) is 11.5. The van der Waals surface area contributed by atoms with E-state index >= 15 is 0 Å². The molecule has 1 heterocycles. The topological polar surface area (TPSA) is 24.9 Å². The Morgan fingerprint density at radius 2 is 2.21 bits per heavy atom. The number of fused-ring (bicyclic) bond motifs is 1. The molecular formula is C16H17FN2. The second-order valence-corrected chi connectivity index (χ2v) is 4.96. The van der Waals surface area contributed by atoms with Gasteiger partial charge in [0.25, 0.3) is 0 Å². The van der Waals surface area contributed by atoms with Gasteiger partial charge in [0.05, 0.1) is 0 Å². The molecule has 0 fully saturated rings. The van der Waals surface area contributed by atoms with Gasteiger partial charge in [-0.3, -0.25) is 4.98 Å². The van der Waals surface area contributed by atoms with Crippen LogP contribution in [-0.2, 0) is 12.8 Å². The number of aryl methyl sites for hydroxylation is 1. The molecule has 3 rings (SSSR count). The molecule has 1 aromatic heterocycles. The summed E-state index contributed by atoms with van der Waals surface area (Å²) in [6.07, 6.45) is 4.77. The Balaban J connectivity index is 1.58. The van der Waals surface area contributed by atoms with Crippen molar-refractivity contribution in [2.45, 2.75) is 25.3 Å². The number of halogens is 1. The van der Waals surface area contributed by atoms with E-state index in [9.17, 15) is 4.39 Å². The van der Waals surface area contributed by atoms with Gasteiger partial charge >= 0.3 is 0 Å². The molecule has 0 radical (unpaired) electrons. The lowest BCUT2D eigenvalue weighted by Crippen LogP contribution is -2.22. The van der Waals surface area contributed by atoms with Gasteiger partial charge in [0.15, 0.2) is 0 Å². The van der Waals surface area contributed by atoms with Crippen LogP contribution in [0.2, 0.25) is 0 Å². The van der Waals surface area contributed by atoms with Gasteiger partial charge in [-0.2, -0.15) is 0 Å². The minimum atomic E-state index is -0.132. The first-order chi connectivity index (χ1) is 9.33. The van der Waals surface area contributed by atoms with E-state index in [2.05, 4.69) is 10.3 Å². The van der Waals surface area contributed by atoms with Gasteiger partial charge in [0.2, 0.25) is 0 Å². The SMILES string of the molecule is Fc1ccc2c(c1)CCC2NCCc1ccccn1. The van der Waals surface area contributed by atoms with E-state index in [0.29, 0.717) is 6.04 Å². The molecule has 19 heavy (non-hydrogen) atoms. The summed E-state index contributed by atoms with van der Waals surface area (Å²) in [7, 11) is 0. The molecule has 2 nitrogen and oxygen atoms in total. The number of rotatable bonds is 4. The summed E-state index contributed by atoms with van der Waals surface area (Å²) < 4.78 is 13.1. The van der Waals surface area contributed by atoms with Crippen LogP contribution < -0.4 is 5.32 Å². The first-order valence-electron chi connectivity index (χ1n) is 6.74. The van der Waals surface area contributed by atoms with Gasteiger partial charge in [-0.25, -0.2) is 4.39 Å². The monoisotopic (exact) mass is 256 g/mol. The van der Waals surface area contributed by atoms with Crippen molar-refractivity contribution in [1.82, 2.24) is 10.3 Å². The zero-order valence-electron chi connectivity index (χ0n) is 10.8. The summed E-state index contributed by atoms with van der Waals surface area (Å²) >= 11 is 0. The van der Waals surface area contributed by atoms with Crippen molar-refractivity contribution in [2.75, 3.05) is 6.54 Å². The van der Waals surface area contributed by atoms with E-state index in [-0.39, 0.29) is 5.82 Å². The first kappa shape index (κ1) is 12.3. The number of nitrogens with one attached hydrogen (secondary N) is 1. The third-order valence-electron chi connectivity index (χ3n) is 3.68. The molecule has 1 atom stereocenters. The number of hydrogen-bond acceptors (Lipinski definition) is 2. The van der Waals surface area contributed by atoms with Gasteiger partial charge in [0.1, 0.15) is 5.82 Å². The van der Waals surface area contributed by atoms with Crippen LogP contribution in [0.4, 0.5) is 4.39 Å². The van der Waals surface area contributed by atoms with Crippen LogP contribution >= 0.6 is 0 Å². The normalized spacial score (nSPS) is 17.4. The van der Waals surface area contributed by atoms with E-state index in [1.165, 1.54) is 5.56 Å². The van der Waals surface area contributed by atoms with Crippen molar-refractivity contribution in [2.24, 2.45) is 0 Å². The molecule has 1 aliphatic carbocycles. The lowest BCUT2D eigenvalue weighted by molar-refractivity contribution is 0.531. The number of hydrogen-bond donors (Lipinski definition) is 1. The number of nitrogens with zero attached hydrogens (tertiary/aromatic N) is 1. The molecule has 0 bridgehead atoms. The van der Waals surface area contributed by atoms with Gasteiger partial charge in [-0.05, 0) is 48.2 Å². The van der Waals surface area contributed by atoms with E-state index < -0.39 is 0 Å². The Bertz CT molecular complexity index is 554. The maximum Gasteiger partial charge on any atom is 0.123 e. The Morgan fingerprint density at radius 3 is 3.05 bits per heavy atom. The fourth-order valence-electron chi connectivity index (χ4n) is 2.72. The Morgan fingerprint density at radius 1 is 1.26 bits per heavy atom. The summed E-state index contributed by atoms with van der Waals surface area (Å²) in [6.45, 7) is 0.901. The predicted octanol–water partition coefficient (Wildman–Crippen LogP) is 3.04. The second-order valence-electron chi connectivity index (χ2n) is 4.96. The molecule has 2 aromatic rings. The van der Waals surface area contributed by atoms with E-state index in [1.54, 1.807) is 12.1 Å². The van der Waals surface area contributed by atoms with Crippen LogP contribution in [-0.4, -0.2) is 11.5 Å². The predicted molar refractivity (Wildman–Crippen MR) is 73.4 cm³/mol. The number of pyridine rings is 1. The molecule has 0 saturated heterocycles. The Hall–Kier alpha value is -1.74. The molecular weight excluding hydrogens is 239 g/mol. The summed E-state index contributed by atoms with van der Waals surface area (Å²) in [4.78, 5) is 4.31. The molecule has 98 valence electrons. The zero-order chi connectivity index (χ0) is 13.1. The Labute approximate surface area is 112 Å². The van der Waals surface area contributed by atoms with Crippen LogP contribution in [0.3, 0.4) is 0 Å². The zero-order valence-corrected chi connectivity index (χ0v) is 10.8. The minimum Gasteiger partial charge on any atom is -0.310 e. The average molecular weight is 256 g/mol. The molecule has 1 aliphatic rings. The first-order valence-corrected chi connectivity index (χ1v) is 6.74. The van der Waals surface area contributed by atoms with Crippen molar-refractivity contribution in [3.63, 3.8) is 0 Å². The summed E-state index contributed by atoms with van der Waals surface area (Å²) in [5, 5.41) is 3.54. The highest BCUT2D eigenvalue weighted by Gasteiger charge is 2.21. The Kier molecular flexibility index (Phi) is 3.56. The number of benzene rings is 1. The third-order valence-corrected chi connectivity index (χ3v) is 3.68. The third kappa shape index (κ3) is 2.82. The van der Waals surface area contributed by atoms with E-state index in [1.807, 2.05) is 30.5 Å². The van der Waals surface area contributed by atoms with E-state index in [0.717, 1.165) is 37.1 Å². The highest BCUT2D eigenvalue weighted by molar-refractivity contribution is 5.34. The quantitative estimate of drug-likeness (QED) is 0.909. The van der Waals surface area contributed by atoms with Gasteiger partial charge in [0, 0.05) is 30.9 Å². The van der Waals surface area contributed by atoms with Crippen molar-refractivity contribution in [1.29, 1.82) is 0 Å². The molecule has 1 aromatic carbocycles. The molecule has 0 spiro atoms. The van der Waals surface area contributed by atoms with Crippen LogP contribution in [0.1, 0.15) is 29.3 Å². The molecule has 0 aliphatic heterocycles. The van der Waals surface area contributed by atoms with Crippen LogP contribution in [0.5, 0.6) is 0 Å². The van der Waals surface area contributed by atoms with Crippen molar-refractivity contribution in [3.05, 3.63) is 65.2 Å². The largest absolute Gasteiger partial charge is 0.310 e. The van der Waals surface area contributed by atoms with Crippen molar-refractivity contribution < 1.29 is 4.39 Å². The number of aromatic nitrogens is 1. The summed E-state index contributed by atoms with van der Waals surface area (Å²) in [5.74, 6) is -0.132. The maximum atomic E-state index is 13.1. The average Bonchev–Trinajstić information content (AvgIpc) is 2.82. The minimum absolute atomic E-state index is 0.132. The maximum absolute atomic E-state index is 13.1.